The lowest BCUT2D eigenvalue weighted by molar-refractivity contribution is 0.196. The Labute approximate surface area is 144 Å². The van der Waals surface area contributed by atoms with Gasteiger partial charge in [-0.25, -0.2) is 4.39 Å². The number of rotatable bonds is 7. The molecular weight excluding hydrogens is 339 g/mol. The van der Waals surface area contributed by atoms with Crippen molar-refractivity contribution in [3.8, 4) is 0 Å². The second-order valence-corrected chi connectivity index (χ2v) is 5.64. The van der Waals surface area contributed by atoms with Crippen LogP contribution < -0.4 is 10.6 Å². The normalized spacial score (nSPS) is 10.6. The van der Waals surface area contributed by atoms with E-state index in [0.717, 1.165) is 6.42 Å². The lowest BCUT2D eigenvalue weighted by atomic mass is 10.2. The number of hydrogen-bond donors (Lipinski definition) is 2. The average molecular weight is 357 g/mol. The Morgan fingerprint density at radius 3 is 3.00 bits per heavy atom. The summed E-state index contributed by atoms with van der Waals surface area (Å²) in [5, 5.41) is 11.2. The summed E-state index contributed by atoms with van der Waals surface area (Å²) in [7, 11) is 1.66. The van der Waals surface area contributed by atoms with Crippen molar-refractivity contribution < 1.29 is 9.13 Å². The van der Waals surface area contributed by atoms with Crippen LogP contribution in [0.1, 0.15) is 12.0 Å². The molecule has 0 unspecified atom stereocenters. The van der Waals surface area contributed by atoms with Crippen molar-refractivity contribution in [3.05, 3.63) is 46.9 Å². The molecule has 2 N–H and O–H groups in total. The van der Waals surface area contributed by atoms with Crippen LogP contribution in [0, 0.1) is 5.82 Å². The quantitative estimate of drug-likeness (QED) is 0.590. The van der Waals surface area contributed by atoms with Crippen molar-refractivity contribution in [2.75, 3.05) is 25.6 Å². The zero-order valence-corrected chi connectivity index (χ0v) is 14.3. The average Bonchev–Trinajstić information content (AvgIpc) is 2.95. The molecule has 0 atom stereocenters. The predicted octanol–water partition coefficient (Wildman–Crippen LogP) is 3.05. The molecule has 0 saturated carbocycles. The number of nitrogens with one attached hydrogen (secondary N) is 2. The van der Waals surface area contributed by atoms with Crippen LogP contribution in [-0.4, -0.2) is 35.2 Å². The molecule has 2 rings (SSSR count). The van der Waals surface area contributed by atoms with E-state index in [1.165, 1.54) is 6.07 Å². The van der Waals surface area contributed by atoms with E-state index in [4.69, 9.17) is 28.6 Å². The van der Waals surface area contributed by atoms with E-state index in [9.17, 15) is 4.39 Å². The third kappa shape index (κ3) is 5.46. The van der Waals surface area contributed by atoms with Gasteiger partial charge in [0, 0.05) is 43.1 Å². The number of thiocarbonyl (C=S) groups is 1. The maximum atomic E-state index is 13.8. The number of ether oxygens (including phenoxy) is 1. The third-order valence-corrected chi connectivity index (χ3v) is 3.68. The van der Waals surface area contributed by atoms with Crippen LogP contribution in [0.4, 0.5) is 10.2 Å². The first-order chi connectivity index (χ1) is 11.1. The number of anilines is 1. The van der Waals surface area contributed by atoms with Gasteiger partial charge in [-0.15, -0.1) is 0 Å². The first-order valence-corrected chi connectivity index (χ1v) is 7.89. The molecule has 2 aromatic rings. The van der Waals surface area contributed by atoms with Crippen molar-refractivity contribution in [1.82, 2.24) is 15.1 Å². The van der Waals surface area contributed by atoms with Gasteiger partial charge in [0.1, 0.15) is 5.82 Å². The first-order valence-electron chi connectivity index (χ1n) is 7.10. The van der Waals surface area contributed by atoms with E-state index in [2.05, 4.69) is 15.7 Å². The summed E-state index contributed by atoms with van der Waals surface area (Å²) in [6, 6.07) is 6.37. The van der Waals surface area contributed by atoms with Crippen LogP contribution in [0.3, 0.4) is 0 Å². The molecule has 0 aliphatic rings. The van der Waals surface area contributed by atoms with Crippen LogP contribution in [0.5, 0.6) is 0 Å². The lowest BCUT2D eigenvalue weighted by Gasteiger charge is -2.08. The minimum absolute atomic E-state index is 0.251. The molecule has 0 saturated heterocycles. The fourth-order valence-electron chi connectivity index (χ4n) is 1.94. The first kappa shape index (κ1) is 17.7. The van der Waals surface area contributed by atoms with Crippen LogP contribution in [0.25, 0.3) is 0 Å². The van der Waals surface area contributed by atoms with Gasteiger partial charge in [-0.3, -0.25) is 4.68 Å². The van der Waals surface area contributed by atoms with E-state index in [-0.39, 0.29) is 12.4 Å². The SMILES string of the molecule is COCCCNC(=S)Nc1ccn(Cc2c(F)cccc2Cl)n1. The van der Waals surface area contributed by atoms with Crippen LogP contribution >= 0.6 is 23.8 Å². The second-order valence-electron chi connectivity index (χ2n) is 4.83. The fourth-order valence-corrected chi connectivity index (χ4v) is 2.37. The molecule has 0 bridgehead atoms. The summed E-state index contributed by atoms with van der Waals surface area (Å²) >= 11 is 11.2. The highest BCUT2D eigenvalue weighted by Crippen LogP contribution is 2.20. The Kier molecular flexibility index (Phi) is 6.76. The van der Waals surface area contributed by atoms with E-state index >= 15 is 0 Å². The summed E-state index contributed by atoms with van der Waals surface area (Å²) in [6.45, 7) is 1.64. The van der Waals surface area contributed by atoms with Crippen LogP contribution in [0.15, 0.2) is 30.5 Å². The molecule has 0 aliphatic heterocycles. The summed E-state index contributed by atoms with van der Waals surface area (Å²) in [5.41, 5.74) is 0.407. The molecule has 1 heterocycles. The molecule has 1 aromatic carbocycles. The molecule has 0 radical (unpaired) electrons. The monoisotopic (exact) mass is 356 g/mol. The van der Waals surface area contributed by atoms with Crippen LogP contribution in [0.2, 0.25) is 5.02 Å². The minimum atomic E-state index is -0.349. The van der Waals surface area contributed by atoms with Gasteiger partial charge in [0.05, 0.1) is 6.54 Å². The van der Waals surface area contributed by atoms with Gasteiger partial charge in [0.2, 0.25) is 0 Å². The fraction of sp³-hybridized carbons (Fsp3) is 0.333. The van der Waals surface area contributed by atoms with Crippen molar-refractivity contribution in [1.29, 1.82) is 0 Å². The molecule has 0 amide bonds. The van der Waals surface area contributed by atoms with E-state index in [1.807, 2.05) is 0 Å². The summed E-state index contributed by atoms with van der Waals surface area (Å²) in [6.07, 6.45) is 2.59. The van der Waals surface area contributed by atoms with Crippen LogP contribution in [-0.2, 0) is 11.3 Å². The number of aromatic nitrogens is 2. The second kappa shape index (κ2) is 8.81. The highest BCUT2D eigenvalue weighted by atomic mass is 35.5. The topological polar surface area (TPSA) is 51.1 Å². The molecule has 124 valence electrons. The Bertz CT molecular complexity index is 644. The Morgan fingerprint density at radius 2 is 2.26 bits per heavy atom. The minimum Gasteiger partial charge on any atom is -0.385 e. The largest absolute Gasteiger partial charge is 0.385 e. The van der Waals surface area contributed by atoms with E-state index in [0.29, 0.717) is 34.7 Å². The van der Waals surface area contributed by atoms with Gasteiger partial charge >= 0.3 is 0 Å². The Morgan fingerprint density at radius 1 is 1.43 bits per heavy atom. The molecule has 1 aromatic heterocycles. The summed E-state index contributed by atoms with van der Waals surface area (Å²) in [5.74, 6) is 0.236. The van der Waals surface area contributed by atoms with Gasteiger partial charge in [0.15, 0.2) is 10.9 Å². The smallest absolute Gasteiger partial charge is 0.171 e. The van der Waals surface area contributed by atoms with Gasteiger partial charge in [-0.1, -0.05) is 17.7 Å². The van der Waals surface area contributed by atoms with Crippen molar-refractivity contribution in [2.45, 2.75) is 13.0 Å². The molecule has 8 heteroatoms. The molecule has 23 heavy (non-hydrogen) atoms. The number of benzene rings is 1. The Hall–Kier alpha value is -1.70. The van der Waals surface area contributed by atoms with E-state index < -0.39 is 0 Å². The highest BCUT2D eigenvalue weighted by molar-refractivity contribution is 7.80. The van der Waals surface area contributed by atoms with Gasteiger partial charge in [-0.05, 0) is 30.8 Å². The number of halogens is 2. The summed E-state index contributed by atoms with van der Waals surface area (Å²) in [4.78, 5) is 0. The maximum absolute atomic E-state index is 13.8. The van der Waals surface area contributed by atoms with Gasteiger partial charge < -0.3 is 15.4 Å². The third-order valence-electron chi connectivity index (χ3n) is 3.07. The molecule has 0 fully saturated rings. The maximum Gasteiger partial charge on any atom is 0.171 e. The van der Waals surface area contributed by atoms with Crippen molar-refractivity contribution in [2.24, 2.45) is 0 Å². The number of hydrogen-bond acceptors (Lipinski definition) is 3. The lowest BCUT2D eigenvalue weighted by Crippen LogP contribution is -2.30. The molecule has 0 spiro atoms. The highest BCUT2D eigenvalue weighted by Gasteiger charge is 2.09. The number of methoxy groups -OCH3 is 1. The van der Waals surface area contributed by atoms with Crippen molar-refractivity contribution in [3.63, 3.8) is 0 Å². The predicted molar refractivity (Wildman–Crippen MR) is 93.5 cm³/mol. The number of nitrogens with zero attached hydrogens (tertiary/aromatic N) is 2. The van der Waals surface area contributed by atoms with Gasteiger partial charge in [0.25, 0.3) is 0 Å². The Balaban J connectivity index is 1.89. The van der Waals surface area contributed by atoms with Gasteiger partial charge in [-0.2, -0.15) is 5.10 Å². The van der Waals surface area contributed by atoms with E-state index in [1.54, 1.807) is 36.2 Å². The zero-order valence-electron chi connectivity index (χ0n) is 12.7. The standard InChI is InChI=1S/C15H18ClFN4OS/c1-22-9-3-7-18-15(23)19-14-6-8-21(20-14)10-11-12(16)4-2-5-13(11)17/h2,4-6,8H,3,7,9-10H2,1H3,(H2,18,19,20,23). The molecular formula is C15H18ClFN4OS. The summed E-state index contributed by atoms with van der Waals surface area (Å²) < 4.78 is 20.3. The molecule has 0 aliphatic carbocycles. The van der Waals surface area contributed by atoms with Crippen molar-refractivity contribution >= 4 is 34.7 Å². The molecule has 5 nitrogen and oxygen atoms in total. The zero-order chi connectivity index (χ0) is 16.7.